The van der Waals surface area contributed by atoms with Crippen LogP contribution < -0.4 is 5.32 Å². The van der Waals surface area contributed by atoms with Crippen LogP contribution in [0.25, 0.3) is 0 Å². The molecule has 9 heteroatoms. The number of hydrogen-bond acceptors (Lipinski definition) is 4. The van der Waals surface area contributed by atoms with Gasteiger partial charge in [-0.25, -0.2) is 9.18 Å². The van der Waals surface area contributed by atoms with E-state index in [1.54, 1.807) is 38.1 Å². The van der Waals surface area contributed by atoms with E-state index in [4.69, 9.17) is 9.47 Å². The predicted octanol–water partition coefficient (Wildman–Crippen LogP) is 2.44. The molecular formula is C18H28FIN4O3. The fourth-order valence-corrected chi connectivity index (χ4v) is 2.83. The Hall–Kier alpha value is -1.62. The fourth-order valence-electron chi connectivity index (χ4n) is 2.83. The van der Waals surface area contributed by atoms with Crippen LogP contribution in [0.2, 0.25) is 0 Å². The minimum absolute atomic E-state index is 0. The number of nitrogens with zero attached hydrogens (tertiary/aromatic N) is 3. The van der Waals surface area contributed by atoms with Gasteiger partial charge >= 0.3 is 6.09 Å². The van der Waals surface area contributed by atoms with Crippen LogP contribution in [0.4, 0.5) is 9.18 Å². The Balaban J connectivity index is 0.00000364. The van der Waals surface area contributed by atoms with Gasteiger partial charge in [0.15, 0.2) is 5.96 Å². The molecule has 0 aliphatic carbocycles. The van der Waals surface area contributed by atoms with Gasteiger partial charge in [-0.15, -0.1) is 24.0 Å². The highest BCUT2D eigenvalue weighted by Gasteiger charge is 2.23. The molecule has 1 amide bonds. The summed E-state index contributed by atoms with van der Waals surface area (Å²) in [5.41, 5.74) is 1.48. The highest BCUT2D eigenvalue weighted by Crippen LogP contribution is 2.12. The molecule has 152 valence electrons. The Bertz CT molecular complexity index is 637. The number of nitrogens with one attached hydrogen (secondary N) is 1. The lowest BCUT2D eigenvalue weighted by Crippen LogP contribution is -2.53. The van der Waals surface area contributed by atoms with Gasteiger partial charge in [0.05, 0.1) is 13.2 Å². The van der Waals surface area contributed by atoms with Gasteiger partial charge in [-0.2, -0.15) is 0 Å². The summed E-state index contributed by atoms with van der Waals surface area (Å²) in [5.74, 6) is 0.487. The lowest BCUT2D eigenvalue weighted by molar-refractivity contribution is 0.0914. The molecule has 0 radical (unpaired) electrons. The van der Waals surface area contributed by atoms with Crippen LogP contribution in [0, 0.1) is 5.82 Å². The number of guanidine groups is 1. The lowest BCUT2D eigenvalue weighted by atomic mass is 10.1. The van der Waals surface area contributed by atoms with Crippen LogP contribution >= 0.6 is 24.0 Å². The van der Waals surface area contributed by atoms with Crippen molar-refractivity contribution in [3.63, 3.8) is 0 Å². The van der Waals surface area contributed by atoms with Crippen molar-refractivity contribution < 1.29 is 18.7 Å². The minimum atomic E-state index is -0.271. The number of carbonyl (C=O) groups is 1. The Morgan fingerprint density at radius 3 is 2.52 bits per heavy atom. The van der Waals surface area contributed by atoms with E-state index >= 15 is 0 Å². The molecule has 1 N–H and O–H groups in total. The van der Waals surface area contributed by atoms with Crippen LogP contribution in [0.15, 0.2) is 23.2 Å². The molecule has 0 unspecified atom stereocenters. The number of aliphatic imine (C=N–C) groups is 1. The quantitative estimate of drug-likeness (QED) is 0.387. The van der Waals surface area contributed by atoms with Gasteiger partial charge in [-0.05, 0) is 24.6 Å². The maximum atomic E-state index is 13.7. The molecule has 1 aliphatic heterocycles. The minimum Gasteiger partial charge on any atom is -0.450 e. The van der Waals surface area contributed by atoms with Gasteiger partial charge in [-0.1, -0.05) is 6.07 Å². The summed E-state index contributed by atoms with van der Waals surface area (Å²) in [6.07, 6.45) is -0.271. The van der Waals surface area contributed by atoms with Gasteiger partial charge < -0.3 is 24.6 Å². The molecule has 0 spiro atoms. The van der Waals surface area contributed by atoms with Crippen molar-refractivity contribution in [3.8, 4) is 0 Å². The van der Waals surface area contributed by atoms with Crippen LogP contribution in [-0.2, 0) is 22.6 Å². The predicted molar refractivity (Wildman–Crippen MR) is 113 cm³/mol. The first-order valence-electron chi connectivity index (χ1n) is 8.72. The van der Waals surface area contributed by atoms with E-state index in [-0.39, 0.29) is 42.5 Å². The Morgan fingerprint density at radius 2 is 1.93 bits per heavy atom. The first-order chi connectivity index (χ1) is 12.6. The highest BCUT2D eigenvalue weighted by molar-refractivity contribution is 14.0. The van der Waals surface area contributed by atoms with Crippen LogP contribution in [-0.4, -0.2) is 68.8 Å². The lowest BCUT2D eigenvalue weighted by Gasteiger charge is -2.35. The zero-order valence-electron chi connectivity index (χ0n) is 16.0. The summed E-state index contributed by atoms with van der Waals surface area (Å²) in [6, 6.07) is 4.98. The fraction of sp³-hybridized carbons (Fsp3) is 0.556. The second-order valence-corrected chi connectivity index (χ2v) is 5.93. The van der Waals surface area contributed by atoms with Crippen molar-refractivity contribution in [1.29, 1.82) is 0 Å². The van der Waals surface area contributed by atoms with Gasteiger partial charge in [0.25, 0.3) is 0 Å². The third-order valence-corrected chi connectivity index (χ3v) is 4.18. The third kappa shape index (κ3) is 6.80. The van der Waals surface area contributed by atoms with Gasteiger partial charge in [0, 0.05) is 52.4 Å². The number of piperazine rings is 1. The number of benzene rings is 1. The summed E-state index contributed by atoms with van der Waals surface area (Å²) >= 11 is 0. The van der Waals surface area contributed by atoms with Crippen LogP contribution in [0.5, 0.6) is 0 Å². The van der Waals surface area contributed by atoms with Gasteiger partial charge in [-0.3, -0.25) is 4.99 Å². The normalized spacial score (nSPS) is 14.6. The molecule has 0 aromatic heterocycles. The molecule has 2 rings (SSSR count). The molecule has 1 aliphatic rings. The highest BCUT2D eigenvalue weighted by atomic mass is 127. The first kappa shape index (κ1) is 23.4. The average Bonchev–Trinajstić information content (AvgIpc) is 2.65. The summed E-state index contributed by atoms with van der Waals surface area (Å²) in [7, 11) is 3.27. The Morgan fingerprint density at radius 1 is 1.26 bits per heavy atom. The largest absolute Gasteiger partial charge is 0.450 e. The van der Waals surface area contributed by atoms with Crippen molar-refractivity contribution in [2.75, 3.05) is 46.9 Å². The number of hydrogen-bond donors (Lipinski definition) is 1. The van der Waals surface area contributed by atoms with Crippen molar-refractivity contribution in [2.24, 2.45) is 4.99 Å². The molecule has 27 heavy (non-hydrogen) atoms. The molecule has 0 bridgehead atoms. The number of amides is 1. The molecule has 0 saturated carbocycles. The van der Waals surface area contributed by atoms with E-state index in [9.17, 15) is 9.18 Å². The van der Waals surface area contributed by atoms with E-state index in [0.29, 0.717) is 44.9 Å². The van der Waals surface area contributed by atoms with Crippen LogP contribution in [0.1, 0.15) is 18.1 Å². The van der Waals surface area contributed by atoms with E-state index in [0.717, 1.165) is 11.5 Å². The summed E-state index contributed by atoms with van der Waals surface area (Å²) < 4.78 is 23.7. The number of ether oxygens (including phenoxy) is 2. The monoisotopic (exact) mass is 494 g/mol. The average molecular weight is 494 g/mol. The third-order valence-electron chi connectivity index (χ3n) is 4.18. The van der Waals surface area contributed by atoms with Crippen molar-refractivity contribution in [3.05, 3.63) is 35.1 Å². The molecule has 1 aromatic rings. The zero-order chi connectivity index (χ0) is 18.9. The number of methoxy groups -OCH3 is 1. The summed E-state index contributed by atoms with van der Waals surface area (Å²) in [6.45, 7) is 5.49. The van der Waals surface area contributed by atoms with Crippen molar-refractivity contribution in [2.45, 2.75) is 20.1 Å². The number of rotatable bonds is 5. The summed E-state index contributed by atoms with van der Waals surface area (Å²) in [5, 5.41) is 3.29. The van der Waals surface area contributed by atoms with E-state index in [1.165, 1.54) is 6.07 Å². The topological polar surface area (TPSA) is 66.4 Å². The van der Waals surface area contributed by atoms with Crippen LogP contribution in [0.3, 0.4) is 0 Å². The van der Waals surface area contributed by atoms with E-state index < -0.39 is 0 Å². The number of halogens is 2. The van der Waals surface area contributed by atoms with Gasteiger partial charge in [0.1, 0.15) is 5.82 Å². The standard InChI is InChI=1S/C18H27FN4O3.HI/c1-4-26-18(24)23-9-7-22(8-10-23)17(20-2)21-12-14-5-6-16(19)15(11-14)13-25-3;/h5-6,11H,4,7-10,12-13H2,1-3H3,(H,20,21);1H. The molecule has 1 aromatic carbocycles. The Labute approximate surface area is 176 Å². The maximum absolute atomic E-state index is 13.7. The van der Waals surface area contributed by atoms with Crippen molar-refractivity contribution >= 4 is 36.0 Å². The maximum Gasteiger partial charge on any atom is 0.409 e. The second kappa shape index (κ2) is 12.0. The number of carbonyl (C=O) groups excluding carboxylic acids is 1. The van der Waals surface area contributed by atoms with E-state index in [1.807, 2.05) is 0 Å². The van der Waals surface area contributed by atoms with E-state index in [2.05, 4.69) is 15.2 Å². The molecular weight excluding hydrogens is 466 g/mol. The first-order valence-corrected chi connectivity index (χ1v) is 8.72. The Kier molecular flexibility index (Phi) is 10.4. The van der Waals surface area contributed by atoms with Crippen molar-refractivity contribution in [1.82, 2.24) is 15.1 Å². The second-order valence-electron chi connectivity index (χ2n) is 5.93. The smallest absolute Gasteiger partial charge is 0.409 e. The molecule has 1 heterocycles. The molecule has 1 fully saturated rings. The molecule has 0 atom stereocenters. The molecule has 1 saturated heterocycles. The SMILES string of the molecule is CCOC(=O)N1CCN(C(=NC)NCc2ccc(F)c(COC)c2)CC1.I. The zero-order valence-corrected chi connectivity index (χ0v) is 18.4. The molecule has 7 nitrogen and oxygen atoms in total. The van der Waals surface area contributed by atoms with Gasteiger partial charge in [0.2, 0.25) is 0 Å². The summed E-state index contributed by atoms with van der Waals surface area (Å²) in [4.78, 5) is 19.9.